The van der Waals surface area contributed by atoms with Crippen molar-refractivity contribution in [3.05, 3.63) is 53.4 Å². The first kappa shape index (κ1) is 13.9. The normalized spacial score (nSPS) is 11.7. The molecule has 3 rings (SSSR count). The molecule has 0 bridgehead atoms. The number of sulfonamides is 1. The molecule has 0 fully saturated rings. The van der Waals surface area contributed by atoms with E-state index in [1.54, 1.807) is 37.3 Å². The zero-order chi connectivity index (χ0) is 15.0. The summed E-state index contributed by atoms with van der Waals surface area (Å²) in [5.41, 5.74) is 1.62. The second-order valence-corrected chi connectivity index (χ2v) is 6.60. The van der Waals surface area contributed by atoms with E-state index in [-0.39, 0.29) is 4.90 Å². The number of hydrogen-bond donors (Lipinski definition) is 1. The lowest BCUT2D eigenvalue weighted by molar-refractivity contribution is 0.561. The van der Waals surface area contributed by atoms with Crippen molar-refractivity contribution in [2.24, 2.45) is 0 Å². The number of halogens is 1. The summed E-state index contributed by atoms with van der Waals surface area (Å²) < 4.78 is 32.4. The van der Waals surface area contributed by atoms with Gasteiger partial charge in [-0.25, -0.2) is 13.4 Å². The smallest absolute Gasteiger partial charge is 0.261 e. The lowest BCUT2D eigenvalue weighted by Gasteiger charge is -2.08. The maximum absolute atomic E-state index is 12.3. The monoisotopic (exact) mass is 322 g/mol. The highest BCUT2D eigenvalue weighted by molar-refractivity contribution is 7.92. The van der Waals surface area contributed by atoms with Crippen LogP contribution in [-0.4, -0.2) is 13.4 Å². The van der Waals surface area contributed by atoms with E-state index in [0.29, 0.717) is 27.7 Å². The fourth-order valence-corrected chi connectivity index (χ4v) is 3.30. The maximum atomic E-state index is 12.3. The molecule has 0 aliphatic carbocycles. The van der Waals surface area contributed by atoms with Crippen LogP contribution in [0.5, 0.6) is 0 Å². The van der Waals surface area contributed by atoms with E-state index in [9.17, 15) is 8.42 Å². The van der Waals surface area contributed by atoms with Gasteiger partial charge < -0.3 is 4.42 Å². The Hall–Kier alpha value is -2.05. The van der Waals surface area contributed by atoms with Crippen LogP contribution in [-0.2, 0) is 10.0 Å². The van der Waals surface area contributed by atoms with Crippen molar-refractivity contribution in [3.8, 4) is 0 Å². The molecule has 1 aromatic heterocycles. The van der Waals surface area contributed by atoms with Crippen molar-refractivity contribution in [3.63, 3.8) is 0 Å². The fourth-order valence-electron chi connectivity index (χ4n) is 1.95. The highest BCUT2D eigenvalue weighted by Gasteiger charge is 2.15. The number of aromatic nitrogens is 1. The number of fused-ring (bicyclic) bond motifs is 1. The van der Waals surface area contributed by atoms with Crippen LogP contribution in [0.1, 0.15) is 5.89 Å². The molecule has 3 aromatic rings. The van der Waals surface area contributed by atoms with E-state index >= 15 is 0 Å². The van der Waals surface area contributed by atoms with Gasteiger partial charge in [-0.1, -0.05) is 17.7 Å². The molecule has 2 aromatic carbocycles. The third kappa shape index (κ3) is 2.86. The lowest BCUT2D eigenvalue weighted by Crippen LogP contribution is -2.12. The van der Waals surface area contributed by atoms with Gasteiger partial charge in [-0.2, -0.15) is 0 Å². The molecule has 0 saturated carbocycles. The van der Waals surface area contributed by atoms with Crippen LogP contribution in [0.15, 0.2) is 51.8 Å². The van der Waals surface area contributed by atoms with Gasteiger partial charge in [-0.05, 0) is 36.4 Å². The van der Waals surface area contributed by atoms with Crippen LogP contribution in [0.4, 0.5) is 5.69 Å². The molecular weight excluding hydrogens is 312 g/mol. The molecule has 108 valence electrons. The van der Waals surface area contributed by atoms with E-state index in [0.717, 1.165) is 0 Å². The van der Waals surface area contributed by atoms with Crippen molar-refractivity contribution in [1.29, 1.82) is 0 Å². The Balaban J connectivity index is 1.96. The Bertz CT molecular complexity index is 919. The van der Waals surface area contributed by atoms with Crippen LogP contribution < -0.4 is 4.72 Å². The highest BCUT2D eigenvalue weighted by Crippen LogP contribution is 2.23. The predicted octanol–water partition coefficient (Wildman–Crippen LogP) is 3.59. The number of aryl methyl sites for hydroxylation is 1. The molecular formula is C14H11ClN2O3S. The van der Waals surface area contributed by atoms with Gasteiger partial charge in [-0.15, -0.1) is 0 Å². The zero-order valence-corrected chi connectivity index (χ0v) is 12.6. The average Bonchev–Trinajstić information content (AvgIpc) is 2.77. The van der Waals surface area contributed by atoms with Crippen molar-refractivity contribution < 1.29 is 12.8 Å². The summed E-state index contributed by atoms with van der Waals surface area (Å²) in [6.07, 6.45) is 0. The Morgan fingerprint density at radius 1 is 1.19 bits per heavy atom. The van der Waals surface area contributed by atoms with Gasteiger partial charge in [0, 0.05) is 11.9 Å². The molecule has 0 aliphatic rings. The van der Waals surface area contributed by atoms with Crippen molar-refractivity contribution in [1.82, 2.24) is 4.98 Å². The number of hydrogen-bond acceptors (Lipinski definition) is 4. The molecule has 0 amide bonds. The summed E-state index contributed by atoms with van der Waals surface area (Å²) >= 11 is 5.82. The molecule has 5 nitrogen and oxygen atoms in total. The molecule has 21 heavy (non-hydrogen) atoms. The van der Waals surface area contributed by atoms with E-state index in [1.807, 2.05) is 0 Å². The average molecular weight is 323 g/mol. The van der Waals surface area contributed by atoms with E-state index in [2.05, 4.69) is 9.71 Å². The van der Waals surface area contributed by atoms with E-state index in [1.165, 1.54) is 12.1 Å². The summed E-state index contributed by atoms with van der Waals surface area (Å²) in [7, 11) is -3.69. The van der Waals surface area contributed by atoms with Gasteiger partial charge in [0.15, 0.2) is 11.5 Å². The Morgan fingerprint density at radius 2 is 2.00 bits per heavy atom. The Kier molecular flexibility index (Phi) is 3.35. The first-order valence-electron chi connectivity index (χ1n) is 6.10. The second kappa shape index (κ2) is 5.05. The van der Waals surface area contributed by atoms with E-state index < -0.39 is 10.0 Å². The second-order valence-electron chi connectivity index (χ2n) is 4.48. The van der Waals surface area contributed by atoms with E-state index in [4.69, 9.17) is 16.0 Å². The summed E-state index contributed by atoms with van der Waals surface area (Å²) in [4.78, 5) is 4.27. The van der Waals surface area contributed by atoms with Gasteiger partial charge in [0.1, 0.15) is 5.52 Å². The molecule has 0 saturated heterocycles. The molecule has 0 radical (unpaired) electrons. The number of oxazole rings is 1. The minimum Gasteiger partial charge on any atom is -0.441 e. The van der Waals surface area contributed by atoms with Crippen molar-refractivity contribution in [2.75, 3.05) is 4.72 Å². The third-order valence-electron chi connectivity index (χ3n) is 2.85. The predicted molar refractivity (Wildman–Crippen MR) is 81.0 cm³/mol. The van der Waals surface area contributed by atoms with Crippen molar-refractivity contribution in [2.45, 2.75) is 11.8 Å². The molecule has 0 unspecified atom stereocenters. The van der Waals surface area contributed by atoms with Crippen LogP contribution in [0.3, 0.4) is 0 Å². The number of nitrogens with one attached hydrogen (secondary N) is 1. The van der Waals surface area contributed by atoms with Gasteiger partial charge in [0.25, 0.3) is 10.0 Å². The Labute approximate surface area is 126 Å². The summed E-state index contributed by atoms with van der Waals surface area (Å²) in [5, 5.41) is 0.362. The molecule has 0 spiro atoms. The van der Waals surface area contributed by atoms with Crippen LogP contribution >= 0.6 is 11.6 Å². The topological polar surface area (TPSA) is 72.2 Å². The summed E-state index contributed by atoms with van der Waals surface area (Å²) in [6, 6.07) is 11.0. The first-order valence-corrected chi connectivity index (χ1v) is 7.96. The standard InChI is InChI=1S/C14H11ClN2O3S/c1-9-16-13-8-11(5-6-14(13)20-9)17-21(18,19)12-4-2-3-10(15)7-12/h2-8,17H,1H3. The number of benzene rings is 2. The summed E-state index contributed by atoms with van der Waals surface area (Å²) in [6.45, 7) is 1.73. The molecule has 1 N–H and O–H groups in total. The van der Waals surface area contributed by atoms with Gasteiger partial charge >= 0.3 is 0 Å². The number of anilines is 1. The largest absolute Gasteiger partial charge is 0.441 e. The van der Waals surface area contributed by atoms with Gasteiger partial charge in [0.05, 0.1) is 10.6 Å². The third-order valence-corrected chi connectivity index (χ3v) is 4.47. The molecule has 1 heterocycles. The fraction of sp³-hybridized carbons (Fsp3) is 0.0714. The minimum absolute atomic E-state index is 0.103. The highest BCUT2D eigenvalue weighted by atomic mass is 35.5. The SMILES string of the molecule is Cc1nc2cc(NS(=O)(=O)c3cccc(Cl)c3)ccc2o1. The Morgan fingerprint density at radius 3 is 2.76 bits per heavy atom. The molecule has 7 heteroatoms. The number of rotatable bonds is 3. The van der Waals surface area contributed by atoms with Gasteiger partial charge in [-0.3, -0.25) is 4.72 Å². The van der Waals surface area contributed by atoms with Crippen LogP contribution in [0, 0.1) is 6.92 Å². The lowest BCUT2D eigenvalue weighted by atomic mass is 10.3. The van der Waals surface area contributed by atoms with Crippen LogP contribution in [0.25, 0.3) is 11.1 Å². The summed E-state index contributed by atoms with van der Waals surface area (Å²) in [5.74, 6) is 0.528. The maximum Gasteiger partial charge on any atom is 0.261 e. The first-order chi connectivity index (χ1) is 9.94. The zero-order valence-electron chi connectivity index (χ0n) is 11.0. The van der Waals surface area contributed by atoms with Crippen molar-refractivity contribution >= 4 is 38.4 Å². The number of nitrogens with zero attached hydrogens (tertiary/aromatic N) is 1. The molecule has 0 atom stereocenters. The molecule has 0 aliphatic heterocycles. The quantitative estimate of drug-likeness (QED) is 0.799. The van der Waals surface area contributed by atoms with Gasteiger partial charge in [0.2, 0.25) is 0 Å². The minimum atomic E-state index is -3.69. The van der Waals surface area contributed by atoms with Crippen LogP contribution in [0.2, 0.25) is 5.02 Å².